The van der Waals surface area contributed by atoms with Crippen LogP contribution in [0.5, 0.6) is 0 Å². The molecule has 0 unspecified atom stereocenters. The van der Waals surface area contributed by atoms with E-state index in [-0.39, 0.29) is 17.6 Å². The smallest absolute Gasteiger partial charge is 0.335 e. The van der Waals surface area contributed by atoms with Gasteiger partial charge in [0.1, 0.15) is 17.6 Å². The molecule has 7 heteroatoms. The van der Waals surface area contributed by atoms with Crippen LogP contribution in [-0.2, 0) is 0 Å². The van der Waals surface area contributed by atoms with Crippen LogP contribution in [0, 0.1) is 6.92 Å². The summed E-state index contributed by atoms with van der Waals surface area (Å²) in [6, 6.07) is 14.4. The number of rotatable bonds is 4. The van der Waals surface area contributed by atoms with E-state index in [0.717, 1.165) is 22.6 Å². The van der Waals surface area contributed by atoms with Gasteiger partial charge in [-0.1, -0.05) is 12.1 Å². The number of carboxylic acids is 1. The van der Waals surface area contributed by atoms with Crippen molar-refractivity contribution in [3.05, 3.63) is 77.3 Å². The fraction of sp³-hybridized carbons (Fsp3) is 0.190. The molecule has 0 saturated carbocycles. The van der Waals surface area contributed by atoms with Crippen molar-refractivity contribution in [2.45, 2.75) is 19.0 Å². The summed E-state index contributed by atoms with van der Waals surface area (Å²) in [7, 11) is 1.93. The highest BCUT2D eigenvalue weighted by molar-refractivity contribution is 7.80. The number of carboxylic acid groups (broad SMARTS) is 1. The van der Waals surface area contributed by atoms with Gasteiger partial charge in [-0.2, -0.15) is 0 Å². The van der Waals surface area contributed by atoms with Gasteiger partial charge in [-0.05, 0) is 61.1 Å². The highest BCUT2D eigenvalue weighted by Gasteiger charge is 2.39. The van der Waals surface area contributed by atoms with Crippen LogP contribution in [0.3, 0.4) is 0 Å². The van der Waals surface area contributed by atoms with Gasteiger partial charge in [-0.25, -0.2) is 4.79 Å². The Morgan fingerprint density at radius 3 is 2.75 bits per heavy atom. The third kappa shape index (κ3) is 3.14. The third-order valence-corrected chi connectivity index (χ3v) is 5.40. The maximum Gasteiger partial charge on any atom is 0.335 e. The molecule has 28 heavy (non-hydrogen) atoms. The van der Waals surface area contributed by atoms with E-state index in [9.17, 15) is 4.79 Å². The highest BCUT2D eigenvalue weighted by atomic mass is 32.1. The Morgan fingerprint density at radius 2 is 2.07 bits per heavy atom. The lowest BCUT2D eigenvalue weighted by Crippen LogP contribution is -2.24. The second kappa shape index (κ2) is 7.09. The molecule has 2 atom stereocenters. The van der Waals surface area contributed by atoms with Gasteiger partial charge in [0.15, 0.2) is 5.11 Å². The van der Waals surface area contributed by atoms with Gasteiger partial charge in [0.2, 0.25) is 0 Å². The Kier molecular flexibility index (Phi) is 4.60. The molecule has 2 N–H and O–H groups in total. The molecule has 1 aromatic carbocycles. The summed E-state index contributed by atoms with van der Waals surface area (Å²) in [4.78, 5) is 17.6. The van der Waals surface area contributed by atoms with Crippen molar-refractivity contribution in [3.63, 3.8) is 0 Å². The molecule has 0 bridgehead atoms. The van der Waals surface area contributed by atoms with Crippen LogP contribution in [0.1, 0.15) is 39.5 Å². The molecule has 0 aliphatic carbocycles. The van der Waals surface area contributed by atoms with Gasteiger partial charge >= 0.3 is 5.97 Å². The standard InChI is InChI=1S/C21H19N3O3S/c1-12-11-13(20(25)26)6-7-14(12)16-8-9-17(27-16)19-18(23-21(28)24(19)2)15-5-3-4-10-22-15/h3-11,18-19H,1-2H3,(H,23,28)(H,25,26)/t18-,19+/m0/s1. The van der Waals surface area contributed by atoms with Gasteiger partial charge in [-0.3, -0.25) is 4.98 Å². The topological polar surface area (TPSA) is 78.6 Å². The molecule has 2 aromatic heterocycles. The summed E-state index contributed by atoms with van der Waals surface area (Å²) < 4.78 is 6.19. The number of aryl methyl sites for hydroxylation is 1. The Bertz CT molecular complexity index is 1050. The molecule has 1 aliphatic rings. The second-order valence-electron chi connectivity index (χ2n) is 6.77. The number of furan rings is 1. The van der Waals surface area contributed by atoms with Crippen molar-refractivity contribution in [3.8, 4) is 11.3 Å². The molecular formula is C21H19N3O3S. The highest BCUT2D eigenvalue weighted by Crippen LogP contribution is 2.39. The van der Waals surface area contributed by atoms with E-state index in [0.29, 0.717) is 10.9 Å². The number of nitrogens with zero attached hydrogens (tertiary/aromatic N) is 2. The van der Waals surface area contributed by atoms with Crippen molar-refractivity contribution >= 4 is 23.3 Å². The van der Waals surface area contributed by atoms with Crippen molar-refractivity contribution in [1.82, 2.24) is 15.2 Å². The second-order valence-corrected chi connectivity index (χ2v) is 7.16. The summed E-state index contributed by atoms with van der Waals surface area (Å²) in [5.74, 6) is 0.512. The van der Waals surface area contributed by atoms with E-state index in [1.807, 2.05) is 49.2 Å². The molecule has 142 valence electrons. The number of hydrogen-bond acceptors (Lipinski definition) is 4. The van der Waals surface area contributed by atoms with Gasteiger partial charge in [0.05, 0.1) is 17.3 Å². The summed E-state index contributed by atoms with van der Waals surface area (Å²) in [5, 5.41) is 13.1. The maximum absolute atomic E-state index is 11.2. The average molecular weight is 393 g/mol. The molecule has 0 spiro atoms. The minimum atomic E-state index is -0.944. The van der Waals surface area contributed by atoms with Crippen molar-refractivity contribution in [2.24, 2.45) is 0 Å². The zero-order chi connectivity index (χ0) is 19.8. The fourth-order valence-corrected chi connectivity index (χ4v) is 3.78. The number of thiocarbonyl (C=S) groups is 1. The van der Waals surface area contributed by atoms with Gasteiger partial charge in [-0.15, -0.1) is 0 Å². The SMILES string of the molecule is Cc1cc(C(=O)O)ccc1-c1ccc([C@@H]2[C@H](c3ccccn3)NC(=S)N2C)o1. The van der Waals surface area contributed by atoms with E-state index in [1.54, 1.807) is 24.4 Å². The number of pyridine rings is 1. The summed E-state index contributed by atoms with van der Waals surface area (Å²) >= 11 is 5.45. The number of benzene rings is 1. The third-order valence-electron chi connectivity index (χ3n) is 5.00. The molecule has 1 saturated heterocycles. The number of nitrogens with one attached hydrogen (secondary N) is 1. The van der Waals surface area contributed by atoms with Crippen LogP contribution in [0.4, 0.5) is 0 Å². The first kappa shape index (κ1) is 18.2. The molecule has 0 radical (unpaired) electrons. The van der Waals surface area contributed by atoms with Gasteiger partial charge in [0.25, 0.3) is 0 Å². The number of hydrogen-bond donors (Lipinski definition) is 2. The van der Waals surface area contributed by atoms with Crippen LogP contribution in [0.15, 0.2) is 59.1 Å². The molecular weight excluding hydrogens is 374 g/mol. The van der Waals surface area contributed by atoms with Crippen molar-refractivity contribution in [1.29, 1.82) is 0 Å². The van der Waals surface area contributed by atoms with Gasteiger partial charge in [0, 0.05) is 18.8 Å². The van der Waals surface area contributed by atoms with Crippen molar-refractivity contribution < 1.29 is 14.3 Å². The van der Waals surface area contributed by atoms with Crippen LogP contribution < -0.4 is 5.32 Å². The number of aromatic carboxylic acids is 1. The average Bonchev–Trinajstić information content (AvgIpc) is 3.27. The Labute approximate surface area is 167 Å². The van der Waals surface area contributed by atoms with E-state index in [4.69, 9.17) is 21.7 Å². The zero-order valence-corrected chi connectivity index (χ0v) is 16.2. The minimum Gasteiger partial charge on any atom is -0.478 e. The number of aromatic nitrogens is 1. The van der Waals surface area contributed by atoms with E-state index >= 15 is 0 Å². The number of likely N-dealkylation sites (N-methyl/N-ethyl adjacent to an activating group) is 1. The molecule has 3 aromatic rings. The predicted molar refractivity (Wildman–Crippen MR) is 109 cm³/mol. The molecule has 4 rings (SSSR count). The van der Waals surface area contributed by atoms with Crippen LogP contribution in [0.25, 0.3) is 11.3 Å². The maximum atomic E-state index is 11.2. The predicted octanol–water partition coefficient (Wildman–Crippen LogP) is 3.95. The van der Waals surface area contributed by atoms with Crippen LogP contribution in [-0.4, -0.2) is 33.1 Å². The Balaban J connectivity index is 1.70. The zero-order valence-electron chi connectivity index (χ0n) is 15.4. The molecule has 6 nitrogen and oxygen atoms in total. The summed E-state index contributed by atoms with van der Waals surface area (Å²) in [6.07, 6.45) is 1.76. The molecule has 1 aliphatic heterocycles. The first-order valence-electron chi connectivity index (χ1n) is 8.84. The van der Waals surface area contributed by atoms with Gasteiger partial charge < -0.3 is 19.7 Å². The summed E-state index contributed by atoms with van der Waals surface area (Å²) in [6.45, 7) is 1.87. The minimum absolute atomic E-state index is 0.117. The normalized spacial score (nSPS) is 18.9. The van der Waals surface area contributed by atoms with Crippen LogP contribution in [0.2, 0.25) is 0 Å². The van der Waals surface area contributed by atoms with E-state index < -0.39 is 5.97 Å². The lowest BCUT2D eigenvalue weighted by atomic mass is 10.0. The largest absolute Gasteiger partial charge is 0.478 e. The van der Waals surface area contributed by atoms with E-state index in [2.05, 4.69) is 10.3 Å². The molecule has 3 heterocycles. The Morgan fingerprint density at radius 1 is 1.25 bits per heavy atom. The van der Waals surface area contributed by atoms with Crippen molar-refractivity contribution in [2.75, 3.05) is 7.05 Å². The quantitative estimate of drug-likeness (QED) is 0.650. The van der Waals surface area contributed by atoms with Crippen LogP contribution >= 0.6 is 12.2 Å². The van der Waals surface area contributed by atoms with E-state index in [1.165, 1.54) is 0 Å². The first-order valence-corrected chi connectivity index (χ1v) is 9.25. The molecule has 0 amide bonds. The lowest BCUT2D eigenvalue weighted by Gasteiger charge is -2.21. The molecule has 1 fully saturated rings. The first-order chi connectivity index (χ1) is 13.5. The lowest BCUT2D eigenvalue weighted by molar-refractivity contribution is 0.0697. The fourth-order valence-electron chi connectivity index (χ4n) is 3.54. The Hall–Kier alpha value is -3.19. The summed E-state index contributed by atoms with van der Waals surface area (Å²) in [5.41, 5.74) is 2.85. The monoisotopic (exact) mass is 393 g/mol. The number of carbonyl (C=O) groups is 1.